The van der Waals surface area contributed by atoms with E-state index in [1.165, 1.54) is 17.1 Å². The van der Waals surface area contributed by atoms with E-state index in [1.54, 1.807) is 32.4 Å². The number of anilines is 1. The number of ether oxygens (including phenoxy) is 2. The fraction of sp³-hybridized carbons (Fsp3) is 0.150. The van der Waals surface area contributed by atoms with E-state index in [0.717, 1.165) is 10.3 Å². The number of carbonyl (C=O) groups excluding carboxylic acids is 1. The van der Waals surface area contributed by atoms with Gasteiger partial charge >= 0.3 is 0 Å². The first kappa shape index (κ1) is 17.2. The van der Waals surface area contributed by atoms with Crippen molar-refractivity contribution in [2.45, 2.75) is 4.90 Å². The smallest absolute Gasteiger partial charge is 0.234 e. The van der Waals surface area contributed by atoms with E-state index in [4.69, 9.17) is 9.47 Å². The Hall–Kier alpha value is -2.66. The van der Waals surface area contributed by atoms with Gasteiger partial charge in [-0.2, -0.15) is 0 Å². The van der Waals surface area contributed by atoms with Gasteiger partial charge in [-0.1, -0.05) is 36.4 Å². The Morgan fingerprint density at radius 1 is 0.960 bits per heavy atom. The van der Waals surface area contributed by atoms with E-state index in [0.29, 0.717) is 22.9 Å². The van der Waals surface area contributed by atoms with Crippen LogP contribution < -0.4 is 14.8 Å². The van der Waals surface area contributed by atoms with Crippen LogP contribution in [-0.2, 0) is 4.79 Å². The van der Waals surface area contributed by atoms with Crippen molar-refractivity contribution in [3.63, 3.8) is 0 Å². The van der Waals surface area contributed by atoms with E-state index in [-0.39, 0.29) is 5.91 Å². The molecule has 0 saturated carbocycles. The second kappa shape index (κ2) is 7.94. The normalized spacial score (nSPS) is 10.5. The van der Waals surface area contributed by atoms with Crippen LogP contribution in [-0.4, -0.2) is 25.9 Å². The number of hydrogen-bond donors (Lipinski definition) is 1. The Morgan fingerprint density at radius 3 is 2.52 bits per heavy atom. The number of carbonyl (C=O) groups is 1. The maximum atomic E-state index is 12.3. The molecule has 0 unspecified atom stereocenters. The minimum atomic E-state index is -0.0647. The summed E-state index contributed by atoms with van der Waals surface area (Å²) >= 11 is 1.53. The second-order valence-electron chi connectivity index (χ2n) is 5.38. The number of benzene rings is 3. The summed E-state index contributed by atoms with van der Waals surface area (Å²) in [5, 5.41) is 5.23. The molecule has 0 saturated heterocycles. The molecule has 3 aromatic rings. The maximum Gasteiger partial charge on any atom is 0.234 e. The van der Waals surface area contributed by atoms with Crippen molar-refractivity contribution in [3.8, 4) is 11.5 Å². The van der Waals surface area contributed by atoms with E-state index in [9.17, 15) is 4.79 Å². The van der Waals surface area contributed by atoms with Crippen molar-refractivity contribution >= 4 is 34.1 Å². The summed E-state index contributed by atoms with van der Waals surface area (Å²) in [5.41, 5.74) is 0.682. The molecule has 0 heterocycles. The van der Waals surface area contributed by atoms with Crippen LogP contribution in [0.2, 0.25) is 0 Å². The first-order valence-corrected chi connectivity index (χ1v) is 8.82. The first-order valence-electron chi connectivity index (χ1n) is 7.83. The fourth-order valence-corrected chi connectivity index (χ4v) is 3.45. The Kier molecular flexibility index (Phi) is 5.46. The van der Waals surface area contributed by atoms with Crippen LogP contribution in [0.5, 0.6) is 11.5 Å². The molecule has 3 aromatic carbocycles. The predicted molar refractivity (Wildman–Crippen MR) is 103 cm³/mol. The summed E-state index contributed by atoms with van der Waals surface area (Å²) in [4.78, 5) is 13.4. The molecule has 0 aromatic heterocycles. The number of rotatable bonds is 6. The van der Waals surface area contributed by atoms with Gasteiger partial charge in [0.05, 0.1) is 20.0 Å². The topological polar surface area (TPSA) is 47.6 Å². The van der Waals surface area contributed by atoms with E-state index >= 15 is 0 Å². The first-order chi connectivity index (χ1) is 12.2. The van der Waals surface area contributed by atoms with Gasteiger partial charge < -0.3 is 14.8 Å². The maximum absolute atomic E-state index is 12.3. The third kappa shape index (κ3) is 4.06. The summed E-state index contributed by atoms with van der Waals surface area (Å²) in [5.74, 6) is 1.49. The van der Waals surface area contributed by atoms with Crippen molar-refractivity contribution in [3.05, 3.63) is 60.7 Å². The molecule has 0 aliphatic heterocycles. The van der Waals surface area contributed by atoms with Crippen LogP contribution in [0.3, 0.4) is 0 Å². The lowest BCUT2D eigenvalue weighted by Gasteiger charge is -2.11. The van der Waals surface area contributed by atoms with Crippen molar-refractivity contribution in [1.82, 2.24) is 0 Å². The van der Waals surface area contributed by atoms with Crippen LogP contribution in [0.4, 0.5) is 5.69 Å². The molecule has 0 spiro atoms. The molecule has 3 rings (SSSR count). The molecular formula is C20H19NO3S. The van der Waals surface area contributed by atoms with Crippen molar-refractivity contribution in [1.29, 1.82) is 0 Å². The molecular weight excluding hydrogens is 334 g/mol. The molecule has 128 valence electrons. The lowest BCUT2D eigenvalue weighted by Crippen LogP contribution is -2.14. The van der Waals surface area contributed by atoms with Crippen LogP contribution in [0.15, 0.2) is 65.6 Å². The molecule has 0 radical (unpaired) electrons. The van der Waals surface area contributed by atoms with Gasteiger partial charge in [-0.15, -0.1) is 11.8 Å². The molecule has 0 atom stereocenters. The third-order valence-corrected chi connectivity index (χ3v) is 4.85. The average molecular weight is 353 g/mol. The Bertz CT molecular complexity index is 890. The lowest BCUT2D eigenvalue weighted by molar-refractivity contribution is -0.113. The third-order valence-electron chi connectivity index (χ3n) is 3.78. The number of nitrogens with one attached hydrogen (secondary N) is 1. The quantitative estimate of drug-likeness (QED) is 0.659. The SMILES string of the molecule is COc1ccc(NC(=O)CSc2cccc3ccccc23)cc1OC. The number of thioether (sulfide) groups is 1. The average Bonchev–Trinajstić information content (AvgIpc) is 2.66. The highest BCUT2D eigenvalue weighted by atomic mass is 32.2. The fourth-order valence-electron chi connectivity index (χ4n) is 2.58. The minimum Gasteiger partial charge on any atom is -0.493 e. The van der Waals surface area contributed by atoms with Gasteiger partial charge in [0.1, 0.15) is 0 Å². The van der Waals surface area contributed by atoms with Gasteiger partial charge in [-0.3, -0.25) is 4.79 Å². The molecule has 1 amide bonds. The van der Waals surface area contributed by atoms with Gasteiger partial charge in [0, 0.05) is 16.6 Å². The molecule has 5 heteroatoms. The number of amides is 1. The predicted octanol–water partition coefficient (Wildman–Crippen LogP) is 4.59. The standard InChI is InChI=1S/C20H19NO3S/c1-23-17-11-10-15(12-18(17)24-2)21-20(22)13-25-19-9-5-7-14-6-3-4-8-16(14)19/h3-12H,13H2,1-2H3,(H,21,22). The van der Waals surface area contributed by atoms with Crippen molar-refractivity contribution in [2.75, 3.05) is 25.3 Å². The molecule has 25 heavy (non-hydrogen) atoms. The van der Waals surface area contributed by atoms with E-state index in [1.807, 2.05) is 24.3 Å². The van der Waals surface area contributed by atoms with E-state index < -0.39 is 0 Å². The monoisotopic (exact) mass is 353 g/mol. The van der Waals surface area contributed by atoms with E-state index in [2.05, 4.69) is 23.5 Å². The van der Waals surface area contributed by atoms with Crippen molar-refractivity contribution < 1.29 is 14.3 Å². The highest BCUT2D eigenvalue weighted by molar-refractivity contribution is 8.00. The summed E-state index contributed by atoms with van der Waals surface area (Å²) in [7, 11) is 3.15. The Balaban J connectivity index is 1.67. The molecule has 0 bridgehead atoms. The van der Waals surface area contributed by atoms with Crippen LogP contribution in [0, 0.1) is 0 Å². The summed E-state index contributed by atoms with van der Waals surface area (Å²) < 4.78 is 10.5. The largest absolute Gasteiger partial charge is 0.493 e. The highest BCUT2D eigenvalue weighted by Crippen LogP contribution is 2.30. The number of methoxy groups -OCH3 is 2. The zero-order valence-electron chi connectivity index (χ0n) is 14.1. The highest BCUT2D eigenvalue weighted by Gasteiger charge is 2.09. The summed E-state index contributed by atoms with van der Waals surface area (Å²) in [6.07, 6.45) is 0. The second-order valence-corrected chi connectivity index (χ2v) is 6.40. The Morgan fingerprint density at radius 2 is 1.72 bits per heavy atom. The lowest BCUT2D eigenvalue weighted by atomic mass is 10.1. The summed E-state index contributed by atoms with van der Waals surface area (Å²) in [6.45, 7) is 0. The Labute approximate surface area is 151 Å². The zero-order chi connectivity index (χ0) is 17.6. The summed E-state index contributed by atoms with van der Waals surface area (Å²) in [6, 6.07) is 19.6. The van der Waals surface area contributed by atoms with Crippen LogP contribution in [0.25, 0.3) is 10.8 Å². The molecule has 4 nitrogen and oxygen atoms in total. The van der Waals surface area contributed by atoms with Crippen molar-refractivity contribution in [2.24, 2.45) is 0 Å². The van der Waals surface area contributed by atoms with Gasteiger partial charge in [0.15, 0.2) is 11.5 Å². The molecule has 0 aliphatic rings. The van der Waals surface area contributed by atoms with Crippen LogP contribution in [0.1, 0.15) is 0 Å². The van der Waals surface area contributed by atoms with Gasteiger partial charge in [-0.25, -0.2) is 0 Å². The van der Waals surface area contributed by atoms with Gasteiger partial charge in [0.25, 0.3) is 0 Å². The number of fused-ring (bicyclic) bond motifs is 1. The molecule has 1 N–H and O–H groups in total. The van der Waals surface area contributed by atoms with Gasteiger partial charge in [0.2, 0.25) is 5.91 Å². The zero-order valence-corrected chi connectivity index (χ0v) is 14.9. The minimum absolute atomic E-state index is 0.0647. The van der Waals surface area contributed by atoms with Gasteiger partial charge in [-0.05, 0) is 29.0 Å². The number of hydrogen-bond acceptors (Lipinski definition) is 4. The van der Waals surface area contributed by atoms with Crippen LogP contribution >= 0.6 is 11.8 Å². The molecule has 0 fully saturated rings. The molecule has 0 aliphatic carbocycles.